The number of allylic oxidation sites excluding steroid dienone is 2. The molecule has 11 heavy (non-hydrogen) atoms. The summed E-state index contributed by atoms with van der Waals surface area (Å²) in [6, 6.07) is 0. The van der Waals surface area contributed by atoms with Gasteiger partial charge in [0.05, 0.1) is 5.76 Å². The summed E-state index contributed by atoms with van der Waals surface area (Å²) in [6.07, 6.45) is 4.47. The van der Waals surface area contributed by atoms with Gasteiger partial charge in [0.25, 0.3) is 0 Å². The predicted molar refractivity (Wildman–Crippen MR) is 39.8 cm³/mol. The standard InChI is InChI=1S/C6H10O.CH2O3/c7-6-4-2-1-3-5-6;2-1(3)4/h4,7H,1-3,5H2;(H2,2,3,4). The van der Waals surface area contributed by atoms with Crippen LogP contribution in [0.15, 0.2) is 11.8 Å². The minimum atomic E-state index is -1.83. The van der Waals surface area contributed by atoms with Crippen LogP contribution in [0.1, 0.15) is 25.7 Å². The van der Waals surface area contributed by atoms with Gasteiger partial charge in [-0.15, -0.1) is 0 Å². The van der Waals surface area contributed by atoms with Crippen LogP contribution in [-0.4, -0.2) is 21.5 Å². The minimum Gasteiger partial charge on any atom is -0.513 e. The van der Waals surface area contributed by atoms with E-state index in [1.165, 1.54) is 12.8 Å². The van der Waals surface area contributed by atoms with E-state index in [-0.39, 0.29) is 0 Å². The molecule has 0 aromatic carbocycles. The Hall–Kier alpha value is -1.19. The van der Waals surface area contributed by atoms with Gasteiger partial charge in [0.2, 0.25) is 0 Å². The molecule has 1 rings (SSSR count). The number of carbonyl (C=O) groups is 1. The number of rotatable bonds is 0. The normalized spacial score (nSPS) is 15.8. The molecule has 0 heterocycles. The third kappa shape index (κ3) is 8.81. The Labute approximate surface area is 64.8 Å². The number of aliphatic hydroxyl groups is 1. The number of aliphatic hydroxyl groups excluding tert-OH is 1. The van der Waals surface area contributed by atoms with E-state index in [0.717, 1.165) is 12.8 Å². The predicted octanol–water partition coefficient (Wildman–Crippen LogP) is 2.22. The number of hydrogen-bond donors (Lipinski definition) is 3. The summed E-state index contributed by atoms with van der Waals surface area (Å²) in [4.78, 5) is 8.56. The van der Waals surface area contributed by atoms with E-state index < -0.39 is 6.16 Å². The van der Waals surface area contributed by atoms with E-state index >= 15 is 0 Å². The SMILES string of the molecule is O=C(O)O.OC1=CCCCC1. The number of carboxylic acid groups (broad SMARTS) is 2. The molecular weight excluding hydrogens is 148 g/mol. The van der Waals surface area contributed by atoms with Crippen LogP contribution in [0.3, 0.4) is 0 Å². The van der Waals surface area contributed by atoms with Crippen LogP contribution in [-0.2, 0) is 0 Å². The highest BCUT2D eigenvalue weighted by Gasteiger charge is 1.97. The summed E-state index contributed by atoms with van der Waals surface area (Å²) in [7, 11) is 0. The first kappa shape index (κ1) is 9.81. The van der Waals surface area contributed by atoms with E-state index in [9.17, 15) is 0 Å². The Bertz CT molecular complexity index is 147. The van der Waals surface area contributed by atoms with Crippen molar-refractivity contribution in [3.05, 3.63) is 11.8 Å². The van der Waals surface area contributed by atoms with Crippen molar-refractivity contribution in [2.45, 2.75) is 25.7 Å². The molecule has 1 aliphatic carbocycles. The largest absolute Gasteiger partial charge is 0.513 e. The summed E-state index contributed by atoms with van der Waals surface area (Å²) < 4.78 is 0. The zero-order chi connectivity index (χ0) is 8.69. The maximum atomic E-state index is 8.77. The molecule has 64 valence electrons. The maximum Gasteiger partial charge on any atom is 0.503 e. The minimum absolute atomic E-state index is 0.589. The molecule has 0 radical (unpaired) electrons. The van der Waals surface area contributed by atoms with Crippen molar-refractivity contribution in [1.82, 2.24) is 0 Å². The molecule has 0 bridgehead atoms. The second-order valence-electron chi connectivity index (χ2n) is 2.22. The Morgan fingerprint density at radius 2 is 1.91 bits per heavy atom. The van der Waals surface area contributed by atoms with Crippen LogP contribution in [0.25, 0.3) is 0 Å². The maximum absolute atomic E-state index is 8.77. The lowest BCUT2D eigenvalue weighted by Crippen LogP contribution is -1.88. The molecular formula is C7H12O4. The van der Waals surface area contributed by atoms with Crippen molar-refractivity contribution in [1.29, 1.82) is 0 Å². The van der Waals surface area contributed by atoms with Gasteiger partial charge in [0.1, 0.15) is 0 Å². The average molecular weight is 160 g/mol. The lowest BCUT2D eigenvalue weighted by atomic mass is 10.1. The summed E-state index contributed by atoms with van der Waals surface area (Å²) in [5, 5.41) is 22.7. The van der Waals surface area contributed by atoms with Gasteiger partial charge < -0.3 is 15.3 Å². The molecule has 0 aromatic heterocycles. The van der Waals surface area contributed by atoms with Gasteiger partial charge in [-0.1, -0.05) is 0 Å². The topological polar surface area (TPSA) is 77.8 Å². The van der Waals surface area contributed by atoms with Crippen molar-refractivity contribution >= 4 is 6.16 Å². The second-order valence-corrected chi connectivity index (χ2v) is 2.22. The molecule has 1 aliphatic rings. The van der Waals surface area contributed by atoms with Crippen molar-refractivity contribution in [3.8, 4) is 0 Å². The zero-order valence-electron chi connectivity index (χ0n) is 6.16. The lowest BCUT2D eigenvalue weighted by molar-refractivity contribution is 0.137. The van der Waals surface area contributed by atoms with E-state index in [1.807, 2.05) is 6.08 Å². The van der Waals surface area contributed by atoms with Gasteiger partial charge in [0.15, 0.2) is 0 Å². The van der Waals surface area contributed by atoms with Gasteiger partial charge in [-0.3, -0.25) is 0 Å². The van der Waals surface area contributed by atoms with Crippen molar-refractivity contribution in [2.24, 2.45) is 0 Å². The van der Waals surface area contributed by atoms with Crippen LogP contribution < -0.4 is 0 Å². The van der Waals surface area contributed by atoms with E-state index in [0.29, 0.717) is 5.76 Å². The summed E-state index contributed by atoms with van der Waals surface area (Å²) in [5.41, 5.74) is 0. The lowest BCUT2D eigenvalue weighted by Gasteiger charge is -2.04. The van der Waals surface area contributed by atoms with E-state index in [1.54, 1.807) is 0 Å². The summed E-state index contributed by atoms with van der Waals surface area (Å²) in [5.74, 6) is 0.589. The fraction of sp³-hybridized carbons (Fsp3) is 0.571. The van der Waals surface area contributed by atoms with Crippen LogP contribution in [0.4, 0.5) is 4.79 Å². The first-order chi connectivity index (χ1) is 5.13. The molecule has 0 atom stereocenters. The van der Waals surface area contributed by atoms with Crippen LogP contribution in [0, 0.1) is 0 Å². The highest BCUT2D eigenvalue weighted by atomic mass is 16.6. The molecule has 0 aliphatic heterocycles. The quantitative estimate of drug-likeness (QED) is 0.507. The highest BCUT2D eigenvalue weighted by Crippen LogP contribution is 2.13. The first-order valence-electron chi connectivity index (χ1n) is 3.43. The second kappa shape index (κ2) is 5.58. The van der Waals surface area contributed by atoms with Crippen LogP contribution in [0.2, 0.25) is 0 Å². The summed E-state index contributed by atoms with van der Waals surface area (Å²) in [6.45, 7) is 0. The van der Waals surface area contributed by atoms with Gasteiger partial charge in [-0.25, -0.2) is 4.79 Å². The molecule has 0 spiro atoms. The first-order valence-corrected chi connectivity index (χ1v) is 3.43. The average Bonchev–Trinajstić information content (AvgIpc) is 1.87. The monoisotopic (exact) mass is 160 g/mol. The van der Waals surface area contributed by atoms with Gasteiger partial charge in [0, 0.05) is 6.42 Å². The molecule has 0 unspecified atom stereocenters. The number of hydrogen-bond acceptors (Lipinski definition) is 2. The smallest absolute Gasteiger partial charge is 0.503 e. The fourth-order valence-corrected chi connectivity index (χ4v) is 0.821. The Balaban J connectivity index is 0.000000218. The van der Waals surface area contributed by atoms with E-state index in [2.05, 4.69) is 0 Å². The molecule has 3 N–H and O–H groups in total. The van der Waals surface area contributed by atoms with E-state index in [4.69, 9.17) is 20.1 Å². The molecule has 4 nitrogen and oxygen atoms in total. The van der Waals surface area contributed by atoms with Crippen molar-refractivity contribution in [2.75, 3.05) is 0 Å². The highest BCUT2D eigenvalue weighted by molar-refractivity contribution is 5.53. The van der Waals surface area contributed by atoms with Crippen LogP contribution >= 0.6 is 0 Å². The Kier molecular flexibility index (Phi) is 4.98. The van der Waals surface area contributed by atoms with Crippen molar-refractivity contribution < 1.29 is 20.1 Å². The summed E-state index contributed by atoms with van der Waals surface area (Å²) >= 11 is 0. The molecule has 0 aromatic rings. The molecule has 0 amide bonds. The van der Waals surface area contributed by atoms with Crippen molar-refractivity contribution in [3.63, 3.8) is 0 Å². The third-order valence-electron chi connectivity index (χ3n) is 1.27. The Morgan fingerprint density at radius 3 is 2.09 bits per heavy atom. The van der Waals surface area contributed by atoms with Gasteiger partial charge in [-0.05, 0) is 25.3 Å². The molecule has 4 heteroatoms. The zero-order valence-corrected chi connectivity index (χ0v) is 6.16. The third-order valence-corrected chi connectivity index (χ3v) is 1.27. The molecule has 0 saturated heterocycles. The molecule has 0 fully saturated rings. The van der Waals surface area contributed by atoms with Gasteiger partial charge >= 0.3 is 6.16 Å². The van der Waals surface area contributed by atoms with Gasteiger partial charge in [-0.2, -0.15) is 0 Å². The Morgan fingerprint density at radius 1 is 1.36 bits per heavy atom. The molecule has 0 saturated carbocycles. The van der Waals surface area contributed by atoms with Crippen LogP contribution in [0.5, 0.6) is 0 Å². The fourth-order valence-electron chi connectivity index (χ4n) is 0.821.